The fourth-order valence-corrected chi connectivity index (χ4v) is 4.27. The van der Waals surface area contributed by atoms with Crippen LogP contribution < -0.4 is 5.73 Å². The largest absolute Gasteiger partial charge is 0.382 e. The lowest BCUT2D eigenvalue weighted by Crippen LogP contribution is -2.05. The predicted molar refractivity (Wildman–Crippen MR) is 118 cm³/mol. The van der Waals surface area contributed by atoms with Crippen molar-refractivity contribution < 1.29 is 4.39 Å². The Bertz CT molecular complexity index is 1360. The lowest BCUT2D eigenvalue weighted by atomic mass is 10.1. The lowest BCUT2D eigenvalue weighted by Gasteiger charge is -2.11. The Morgan fingerprint density at radius 3 is 2.70 bits per heavy atom. The summed E-state index contributed by atoms with van der Waals surface area (Å²) < 4.78 is 18.6. The van der Waals surface area contributed by atoms with E-state index in [1.54, 1.807) is 16.9 Å². The molecule has 0 atom stereocenters. The summed E-state index contributed by atoms with van der Waals surface area (Å²) in [6.07, 6.45) is 5.47. The van der Waals surface area contributed by atoms with E-state index in [1.165, 1.54) is 11.8 Å². The summed E-state index contributed by atoms with van der Waals surface area (Å²) in [5.74, 6) is 0.155. The molecule has 0 radical (unpaired) electrons. The van der Waals surface area contributed by atoms with Crippen molar-refractivity contribution in [1.29, 1.82) is 0 Å². The molecule has 0 saturated heterocycles. The van der Waals surface area contributed by atoms with Crippen LogP contribution in [0.1, 0.15) is 11.1 Å². The monoisotopic (exact) mass is 418 g/mol. The summed E-state index contributed by atoms with van der Waals surface area (Å²) in [4.78, 5) is 9.19. The Morgan fingerprint density at radius 1 is 1.07 bits per heavy atom. The molecular weight excluding hydrogens is 399 g/mol. The summed E-state index contributed by atoms with van der Waals surface area (Å²) in [6.45, 7) is 0.884. The number of benzene rings is 2. The van der Waals surface area contributed by atoms with Gasteiger partial charge in [-0.15, -0.1) is 0 Å². The van der Waals surface area contributed by atoms with Gasteiger partial charge < -0.3 is 10.3 Å². The molecule has 3 aromatic heterocycles. The van der Waals surface area contributed by atoms with E-state index in [9.17, 15) is 4.39 Å². The summed E-state index contributed by atoms with van der Waals surface area (Å²) in [7, 11) is 0. The standard InChI is InChI=1S/C22H19FN6S/c1-30-22-27-19-20(16-5-2-3-6-18(16)26-21(19)24)29(22)12-14-7-8-15(17(23)11-14)13-28-10-4-9-25-28/h2-11H,12-13H2,1H3,(H2,24,26). The zero-order valence-corrected chi connectivity index (χ0v) is 17.1. The average Bonchev–Trinajstić information content (AvgIpc) is 3.38. The first-order valence-corrected chi connectivity index (χ1v) is 10.7. The van der Waals surface area contributed by atoms with Crippen LogP contribution in [0.4, 0.5) is 10.2 Å². The smallest absolute Gasteiger partial charge is 0.169 e. The molecule has 8 heteroatoms. The van der Waals surface area contributed by atoms with Crippen LogP contribution >= 0.6 is 11.8 Å². The number of rotatable bonds is 5. The molecule has 0 aliphatic rings. The average molecular weight is 419 g/mol. The molecule has 0 unspecified atom stereocenters. The number of hydrogen-bond acceptors (Lipinski definition) is 5. The van der Waals surface area contributed by atoms with Crippen LogP contribution in [-0.2, 0) is 13.1 Å². The number of anilines is 1. The highest BCUT2D eigenvalue weighted by Gasteiger charge is 2.17. The Hall–Kier alpha value is -3.39. The minimum absolute atomic E-state index is 0.246. The van der Waals surface area contributed by atoms with Crippen LogP contribution in [-0.4, -0.2) is 30.6 Å². The van der Waals surface area contributed by atoms with Crippen molar-refractivity contribution in [3.05, 3.63) is 77.9 Å². The second kappa shape index (κ2) is 7.46. The van der Waals surface area contributed by atoms with Crippen LogP contribution in [0.25, 0.3) is 21.9 Å². The van der Waals surface area contributed by atoms with Crippen LogP contribution in [0.3, 0.4) is 0 Å². The van der Waals surface area contributed by atoms with E-state index in [1.807, 2.05) is 54.9 Å². The quantitative estimate of drug-likeness (QED) is 0.430. The highest BCUT2D eigenvalue weighted by molar-refractivity contribution is 7.98. The molecule has 0 aliphatic carbocycles. The van der Waals surface area contributed by atoms with E-state index < -0.39 is 0 Å². The first-order chi connectivity index (χ1) is 14.6. The van der Waals surface area contributed by atoms with Gasteiger partial charge >= 0.3 is 0 Å². The second-order valence-electron chi connectivity index (χ2n) is 7.03. The van der Waals surface area contributed by atoms with Gasteiger partial charge in [-0.05, 0) is 30.0 Å². The Labute approximate surface area is 176 Å². The van der Waals surface area contributed by atoms with Gasteiger partial charge in [0.15, 0.2) is 11.0 Å². The predicted octanol–water partition coefficient (Wildman–Crippen LogP) is 4.32. The molecule has 2 N–H and O–H groups in total. The first-order valence-electron chi connectivity index (χ1n) is 9.47. The van der Waals surface area contributed by atoms with Crippen molar-refractivity contribution in [3.63, 3.8) is 0 Å². The third-order valence-electron chi connectivity index (χ3n) is 5.11. The summed E-state index contributed by atoms with van der Waals surface area (Å²) in [6, 6.07) is 15.0. The van der Waals surface area contributed by atoms with Crippen molar-refractivity contribution in [2.24, 2.45) is 0 Å². The van der Waals surface area contributed by atoms with Gasteiger partial charge in [-0.25, -0.2) is 14.4 Å². The number of thioether (sulfide) groups is 1. The van der Waals surface area contributed by atoms with Crippen molar-refractivity contribution in [1.82, 2.24) is 24.3 Å². The van der Waals surface area contributed by atoms with Gasteiger partial charge in [0.25, 0.3) is 0 Å². The van der Waals surface area contributed by atoms with E-state index in [0.717, 1.165) is 27.1 Å². The molecular formula is C22H19FN6S. The molecule has 0 saturated carbocycles. The lowest BCUT2D eigenvalue weighted by molar-refractivity contribution is 0.581. The third-order valence-corrected chi connectivity index (χ3v) is 5.78. The fourth-order valence-electron chi connectivity index (χ4n) is 3.71. The Morgan fingerprint density at radius 2 is 1.93 bits per heavy atom. The molecule has 6 nitrogen and oxygen atoms in total. The molecule has 0 bridgehead atoms. The molecule has 0 amide bonds. The van der Waals surface area contributed by atoms with E-state index in [0.29, 0.717) is 30.0 Å². The molecule has 0 aliphatic heterocycles. The fraction of sp³-hybridized carbons (Fsp3) is 0.136. The van der Waals surface area contributed by atoms with E-state index in [2.05, 4.69) is 14.6 Å². The number of halogens is 1. The summed E-state index contributed by atoms with van der Waals surface area (Å²) in [5.41, 5.74) is 10.1. The number of hydrogen-bond donors (Lipinski definition) is 1. The maximum Gasteiger partial charge on any atom is 0.169 e. The van der Waals surface area contributed by atoms with E-state index in [4.69, 9.17) is 10.7 Å². The number of nitrogens with zero attached hydrogens (tertiary/aromatic N) is 5. The molecule has 3 heterocycles. The van der Waals surface area contributed by atoms with Gasteiger partial charge in [-0.3, -0.25) is 4.68 Å². The van der Waals surface area contributed by atoms with Crippen molar-refractivity contribution in [3.8, 4) is 0 Å². The molecule has 2 aromatic carbocycles. The van der Waals surface area contributed by atoms with Crippen molar-refractivity contribution >= 4 is 39.5 Å². The summed E-state index contributed by atoms with van der Waals surface area (Å²) >= 11 is 1.53. The van der Waals surface area contributed by atoms with Crippen LogP contribution in [0.15, 0.2) is 66.1 Å². The van der Waals surface area contributed by atoms with Gasteiger partial charge in [-0.1, -0.05) is 42.1 Å². The number of nitrogen functional groups attached to an aromatic ring is 1. The number of aromatic nitrogens is 5. The maximum atomic E-state index is 14.8. The van der Waals surface area contributed by atoms with Gasteiger partial charge in [0.2, 0.25) is 0 Å². The molecule has 5 rings (SSSR count). The number of para-hydroxylation sites is 1. The number of fused-ring (bicyclic) bond motifs is 3. The van der Waals surface area contributed by atoms with Gasteiger partial charge in [0.05, 0.1) is 24.1 Å². The Balaban J connectivity index is 1.59. The normalized spacial score (nSPS) is 11.5. The van der Waals surface area contributed by atoms with Crippen molar-refractivity contribution in [2.75, 3.05) is 12.0 Å². The van der Waals surface area contributed by atoms with Crippen LogP contribution in [0.2, 0.25) is 0 Å². The summed E-state index contributed by atoms with van der Waals surface area (Å²) in [5, 5.41) is 5.94. The Kier molecular flexibility index (Phi) is 4.63. The number of imidazole rings is 1. The van der Waals surface area contributed by atoms with E-state index >= 15 is 0 Å². The molecule has 150 valence electrons. The first kappa shape index (κ1) is 18.6. The van der Waals surface area contributed by atoms with E-state index in [-0.39, 0.29) is 5.82 Å². The molecule has 5 aromatic rings. The minimum atomic E-state index is -0.246. The molecule has 0 fully saturated rings. The highest BCUT2D eigenvalue weighted by atomic mass is 32.2. The second-order valence-corrected chi connectivity index (χ2v) is 7.80. The third kappa shape index (κ3) is 3.19. The zero-order valence-electron chi connectivity index (χ0n) is 16.3. The number of pyridine rings is 1. The highest BCUT2D eigenvalue weighted by Crippen LogP contribution is 2.32. The van der Waals surface area contributed by atoms with Crippen molar-refractivity contribution in [2.45, 2.75) is 18.2 Å². The topological polar surface area (TPSA) is 74.5 Å². The number of nitrogens with two attached hydrogens (primary N) is 1. The van der Waals surface area contributed by atoms with Crippen LogP contribution in [0, 0.1) is 5.82 Å². The maximum absolute atomic E-state index is 14.8. The van der Waals surface area contributed by atoms with Crippen LogP contribution in [0.5, 0.6) is 0 Å². The molecule has 0 spiro atoms. The zero-order chi connectivity index (χ0) is 20.7. The van der Waals surface area contributed by atoms with Gasteiger partial charge in [0, 0.05) is 23.3 Å². The van der Waals surface area contributed by atoms with Gasteiger partial charge in [-0.2, -0.15) is 5.10 Å². The minimum Gasteiger partial charge on any atom is -0.382 e. The molecule has 30 heavy (non-hydrogen) atoms. The van der Waals surface area contributed by atoms with Gasteiger partial charge in [0.1, 0.15) is 11.3 Å². The SMILES string of the molecule is CSc1nc2c(N)nc3ccccc3c2n1Cc1ccc(Cn2cccn2)c(F)c1.